The van der Waals surface area contributed by atoms with Crippen LogP contribution in [0.5, 0.6) is 0 Å². The first-order chi connectivity index (χ1) is 13.0. The molecule has 0 aliphatic carbocycles. The van der Waals surface area contributed by atoms with E-state index in [2.05, 4.69) is 28.3 Å². The predicted molar refractivity (Wildman–Crippen MR) is 107 cm³/mol. The highest BCUT2D eigenvalue weighted by atomic mass is 32.1. The molecule has 3 heterocycles. The Labute approximate surface area is 165 Å². The van der Waals surface area contributed by atoms with Gasteiger partial charge in [0.2, 0.25) is 5.91 Å². The number of carboxylic acid groups (broad SMARTS) is 1. The molecule has 2 fully saturated rings. The minimum absolute atomic E-state index is 0.186. The molecule has 0 unspecified atom stereocenters. The molecule has 0 spiro atoms. The average Bonchev–Trinajstić information content (AvgIpc) is 3.18. The van der Waals surface area contributed by atoms with Gasteiger partial charge >= 0.3 is 5.97 Å². The van der Waals surface area contributed by atoms with Gasteiger partial charge in [-0.05, 0) is 54.6 Å². The first-order valence-electron chi connectivity index (χ1n) is 9.96. The molecular formula is C20H31N3O3S. The van der Waals surface area contributed by atoms with Crippen LogP contribution in [0.2, 0.25) is 0 Å². The van der Waals surface area contributed by atoms with E-state index in [-0.39, 0.29) is 18.2 Å². The minimum atomic E-state index is -0.743. The second-order valence-electron chi connectivity index (χ2n) is 7.86. The number of aryl methyl sites for hydroxylation is 1. The van der Waals surface area contributed by atoms with Crippen LogP contribution >= 0.6 is 11.3 Å². The van der Waals surface area contributed by atoms with Gasteiger partial charge in [-0.25, -0.2) is 0 Å². The molecule has 0 radical (unpaired) electrons. The second kappa shape index (κ2) is 9.66. The average molecular weight is 394 g/mol. The smallest absolute Gasteiger partial charge is 0.303 e. The van der Waals surface area contributed by atoms with Crippen molar-refractivity contribution in [2.45, 2.75) is 38.1 Å². The Bertz CT molecular complexity index is 614. The van der Waals surface area contributed by atoms with E-state index < -0.39 is 5.97 Å². The van der Waals surface area contributed by atoms with Crippen molar-refractivity contribution < 1.29 is 14.7 Å². The van der Waals surface area contributed by atoms with Crippen molar-refractivity contribution in [1.82, 2.24) is 14.7 Å². The quantitative estimate of drug-likeness (QED) is 0.768. The van der Waals surface area contributed by atoms with Crippen LogP contribution in [0.15, 0.2) is 16.8 Å². The van der Waals surface area contributed by atoms with Crippen LogP contribution in [0.4, 0.5) is 0 Å². The van der Waals surface area contributed by atoms with Gasteiger partial charge in [0.25, 0.3) is 0 Å². The van der Waals surface area contributed by atoms with Crippen molar-refractivity contribution in [1.29, 1.82) is 0 Å². The number of aliphatic carboxylic acids is 1. The molecule has 6 nitrogen and oxygen atoms in total. The van der Waals surface area contributed by atoms with Crippen LogP contribution in [-0.4, -0.2) is 84.0 Å². The number of piperidine rings is 1. The maximum atomic E-state index is 12.7. The van der Waals surface area contributed by atoms with Crippen molar-refractivity contribution in [2.75, 3.05) is 46.3 Å². The van der Waals surface area contributed by atoms with Gasteiger partial charge in [0.15, 0.2) is 0 Å². The van der Waals surface area contributed by atoms with E-state index in [0.29, 0.717) is 25.4 Å². The van der Waals surface area contributed by atoms with Crippen LogP contribution in [0.25, 0.3) is 0 Å². The molecule has 2 saturated heterocycles. The van der Waals surface area contributed by atoms with E-state index in [1.54, 1.807) is 11.3 Å². The summed E-state index contributed by atoms with van der Waals surface area (Å²) in [6.45, 7) is 5.69. The van der Waals surface area contributed by atoms with E-state index in [1.165, 1.54) is 5.56 Å². The summed E-state index contributed by atoms with van der Waals surface area (Å²) in [5.74, 6) is -0.283. The SMILES string of the molecule is CN1CCN([C@@H]2CCN(C(=O)CCc3ccsc3)C[C@@H]2CCC(=O)O)CC1. The van der Waals surface area contributed by atoms with E-state index in [4.69, 9.17) is 5.11 Å². The van der Waals surface area contributed by atoms with Gasteiger partial charge in [-0.2, -0.15) is 11.3 Å². The van der Waals surface area contributed by atoms with E-state index in [0.717, 1.165) is 45.6 Å². The summed E-state index contributed by atoms with van der Waals surface area (Å²) in [4.78, 5) is 30.7. The molecular weight excluding hydrogens is 362 g/mol. The highest BCUT2D eigenvalue weighted by molar-refractivity contribution is 7.07. The monoisotopic (exact) mass is 393 g/mol. The normalized spacial score (nSPS) is 24.9. The molecule has 1 N–H and O–H groups in total. The molecule has 2 aliphatic rings. The third kappa shape index (κ3) is 5.77. The fourth-order valence-electron chi connectivity index (χ4n) is 4.32. The number of carbonyl (C=O) groups is 2. The first-order valence-corrected chi connectivity index (χ1v) is 10.9. The van der Waals surface area contributed by atoms with E-state index >= 15 is 0 Å². The summed E-state index contributed by atoms with van der Waals surface area (Å²) in [6, 6.07) is 2.48. The molecule has 0 saturated carbocycles. The van der Waals surface area contributed by atoms with Gasteiger partial charge in [0.1, 0.15) is 0 Å². The van der Waals surface area contributed by atoms with Crippen molar-refractivity contribution >= 4 is 23.2 Å². The summed E-state index contributed by atoms with van der Waals surface area (Å²) >= 11 is 1.66. The number of thiophene rings is 1. The van der Waals surface area contributed by atoms with Gasteiger partial charge in [0, 0.05) is 58.2 Å². The maximum absolute atomic E-state index is 12.7. The lowest BCUT2D eigenvalue weighted by atomic mass is 9.86. The summed E-state index contributed by atoms with van der Waals surface area (Å²) in [7, 11) is 2.15. The first kappa shape index (κ1) is 20.3. The van der Waals surface area contributed by atoms with Crippen LogP contribution in [-0.2, 0) is 16.0 Å². The number of nitrogens with zero attached hydrogens (tertiary/aromatic N) is 3. The Kier molecular flexibility index (Phi) is 7.26. The Morgan fingerprint density at radius 3 is 2.63 bits per heavy atom. The van der Waals surface area contributed by atoms with Crippen molar-refractivity contribution in [2.24, 2.45) is 5.92 Å². The number of carbonyl (C=O) groups excluding carboxylic acids is 1. The zero-order chi connectivity index (χ0) is 19.2. The van der Waals surface area contributed by atoms with Gasteiger partial charge in [0.05, 0.1) is 0 Å². The zero-order valence-electron chi connectivity index (χ0n) is 16.2. The molecule has 1 amide bonds. The molecule has 2 aliphatic heterocycles. The largest absolute Gasteiger partial charge is 0.481 e. The lowest BCUT2D eigenvalue weighted by Crippen LogP contribution is -2.57. The van der Waals surface area contributed by atoms with Gasteiger partial charge in [-0.3, -0.25) is 14.5 Å². The lowest BCUT2D eigenvalue weighted by molar-refractivity contribution is -0.138. The number of carboxylic acids is 1. The number of hydrogen-bond acceptors (Lipinski definition) is 5. The zero-order valence-corrected chi connectivity index (χ0v) is 17.0. The molecule has 0 bridgehead atoms. The number of piperazine rings is 1. The van der Waals surface area contributed by atoms with Crippen molar-refractivity contribution in [3.05, 3.63) is 22.4 Å². The number of likely N-dealkylation sites (N-methyl/N-ethyl adjacent to an activating group) is 1. The van der Waals surface area contributed by atoms with Crippen molar-refractivity contribution in [3.8, 4) is 0 Å². The predicted octanol–water partition coefficient (Wildman–Crippen LogP) is 2.01. The fourth-order valence-corrected chi connectivity index (χ4v) is 5.02. The highest BCUT2D eigenvalue weighted by Gasteiger charge is 2.35. The Hall–Kier alpha value is -1.44. The molecule has 7 heteroatoms. The van der Waals surface area contributed by atoms with Gasteiger partial charge in [-0.1, -0.05) is 0 Å². The number of likely N-dealkylation sites (tertiary alicyclic amines) is 1. The van der Waals surface area contributed by atoms with Crippen LogP contribution < -0.4 is 0 Å². The summed E-state index contributed by atoms with van der Waals surface area (Å²) in [5, 5.41) is 13.3. The highest BCUT2D eigenvalue weighted by Crippen LogP contribution is 2.27. The maximum Gasteiger partial charge on any atom is 0.303 e. The number of hydrogen-bond donors (Lipinski definition) is 1. The Balaban J connectivity index is 1.57. The second-order valence-corrected chi connectivity index (χ2v) is 8.64. The number of rotatable bonds is 7. The minimum Gasteiger partial charge on any atom is -0.481 e. The third-order valence-electron chi connectivity index (χ3n) is 5.99. The van der Waals surface area contributed by atoms with Crippen molar-refractivity contribution in [3.63, 3.8) is 0 Å². The topological polar surface area (TPSA) is 64.1 Å². The standard InChI is InChI=1S/C20H31N3O3S/c1-21-9-11-22(12-10-21)18-6-8-23(14-17(18)3-5-20(25)26)19(24)4-2-16-7-13-27-15-16/h7,13,15,17-18H,2-6,8-12,14H2,1H3,(H,25,26)/t17-,18+/m0/s1. The van der Waals surface area contributed by atoms with E-state index in [9.17, 15) is 9.59 Å². The fraction of sp³-hybridized carbons (Fsp3) is 0.700. The molecule has 0 aromatic carbocycles. The Morgan fingerprint density at radius 2 is 1.96 bits per heavy atom. The molecule has 27 heavy (non-hydrogen) atoms. The van der Waals surface area contributed by atoms with Crippen LogP contribution in [0.3, 0.4) is 0 Å². The lowest BCUT2D eigenvalue weighted by Gasteiger charge is -2.46. The van der Waals surface area contributed by atoms with Gasteiger partial charge in [-0.15, -0.1) is 0 Å². The molecule has 1 aromatic rings. The molecule has 2 atom stereocenters. The van der Waals surface area contributed by atoms with E-state index in [1.807, 2.05) is 10.3 Å². The Morgan fingerprint density at radius 1 is 1.19 bits per heavy atom. The molecule has 150 valence electrons. The number of amides is 1. The van der Waals surface area contributed by atoms with Crippen LogP contribution in [0.1, 0.15) is 31.2 Å². The van der Waals surface area contributed by atoms with Gasteiger partial charge < -0.3 is 14.9 Å². The molecule has 3 rings (SSSR count). The third-order valence-corrected chi connectivity index (χ3v) is 6.72. The summed E-state index contributed by atoms with van der Waals surface area (Å²) < 4.78 is 0. The summed E-state index contributed by atoms with van der Waals surface area (Å²) in [5.41, 5.74) is 1.23. The molecule has 1 aromatic heterocycles. The van der Waals surface area contributed by atoms with Crippen LogP contribution in [0, 0.1) is 5.92 Å². The summed E-state index contributed by atoms with van der Waals surface area (Å²) in [6.07, 6.45) is 3.13.